The Hall–Kier alpha value is -2.87. The average molecular weight is 575 g/mol. The Labute approximate surface area is 229 Å². The first kappa shape index (κ1) is 30.7. The van der Waals surface area contributed by atoms with Gasteiger partial charge in [-0.05, 0) is 62.6 Å². The molecule has 1 aromatic carbocycles. The molecule has 0 unspecified atom stereocenters. The second-order valence-electron chi connectivity index (χ2n) is 10.9. The quantitative estimate of drug-likeness (QED) is 0.316. The number of carbonyl (C=O) groups is 1. The third-order valence-corrected chi connectivity index (χ3v) is 7.75. The Balaban J connectivity index is 1.95. The summed E-state index contributed by atoms with van der Waals surface area (Å²) in [6.45, 7) is 2.93. The van der Waals surface area contributed by atoms with Crippen molar-refractivity contribution in [1.29, 1.82) is 5.26 Å². The standard InChI is InChI=1S/C27H32ClF5N4O2/c1-5-37-22(18-7-6-17(12-19(18)39-24(29)30)13-25(3,4)27(31,32)33)20(28)21(36-37)23(38)35-15-26(14-34)10-8-16(2)9-11-26/h6-7,12,16,24H,5,8-11,13,15H2,1-4H3,(H,35,38). The van der Waals surface area contributed by atoms with E-state index in [1.807, 2.05) is 0 Å². The molecular formula is C27H32ClF5N4O2. The Bertz CT molecular complexity index is 1230. The molecule has 0 saturated heterocycles. The number of hydrogen-bond donors (Lipinski definition) is 1. The number of nitriles is 1. The van der Waals surface area contributed by atoms with E-state index in [1.165, 1.54) is 16.8 Å². The lowest BCUT2D eigenvalue weighted by atomic mass is 9.72. The maximum atomic E-state index is 13.4. The van der Waals surface area contributed by atoms with Crippen LogP contribution >= 0.6 is 11.6 Å². The van der Waals surface area contributed by atoms with Gasteiger partial charge in [-0.2, -0.15) is 32.3 Å². The molecule has 0 bridgehead atoms. The third kappa shape index (κ3) is 6.83. The highest BCUT2D eigenvalue weighted by Gasteiger charge is 2.47. The molecule has 39 heavy (non-hydrogen) atoms. The van der Waals surface area contributed by atoms with Crippen LogP contribution in [0.25, 0.3) is 11.3 Å². The highest BCUT2D eigenvalue weighted by atomic mass is 35.5. The third-order valence-electron chi connectivity index (χ3n) is 7.40. The molecule has 214 valence electrons. The van der Waals surface area contributed by atoms with Crippen LogP contribution in [0.15, 0.2) is 18.2 Å². The van der Waals surface area contributed by atoms with Crippen LogP contribution in [0.3, 0.4) is 0 Å². The van der Waals surface area contributed by atoms with Gasteiger partial charge in [-0.15, -0.1) is 0 Å². The Morgan fingerprint density at radius 1 is 1.31 bits per heavy atom. The lowest BCUT2D eigenvalue weighted by Crippen LogP contribution is -2.39. The van der Waals surface area contributed by atoms with E-state index < -0.39 is 35.9 Å². The molecular weight excluding hydrogens is 543 g/mol. The summed E-state index contributed by atoms with van der Waals surface area (Å²) in [7, 11) is 0. The summed E-state index contributed by atoms with van der Waals surface area (Å²) in [5, 5.41) is 16.6. The number of aromatic nitrogens is 2. The number of carbonyl (C=O) groups excluding carboxylic acids is 1. The zero-order chi connectivity index (χ0) is 29.2. The molecule has 2 aromatic rings. The first-order valence-corrected chi connectivity index (χ1v) is 13.1. The van der Waals surface area contributed by atoms with Crippen molar-refractivity contribution in [3.63, 3.8) is 0 Å². The highest BCUT2D eigenvalue weighted by molar-refractivity contribution is 6.36. The number of hydrogen-bond acceptors (Lipinski definition) is 4. The van der Waals surface area contributed by atoms with Gasteiger partial charge in [0.15, 0.2) is 5.69 Å². The van der Waals surface area contributed by atoms with Crippen LogP contribution in [0.1, 0.15) is 69.4 Å². The number of ether oxygens (including phenoxy) is 1. The van der Waals surface area contributed by atoms with E-state index in [2.05, 4.69) is 28.1 Å². The summed E-state index contributed by atoms with van der Waals surface area (Å²) in [4.78, 5) is 13.1. The van der Waals surface area contributed by atoms with Gasteiger partial charge in [0.1, 0.15) is 5.75 Å². The smallest absolute Gasteiger partial charge is 0.394 e. The van der Waals surface area contributed by atoms with Crippen molar-refractivity contribution in [1.82, 2.24) is 15.1 Å². The fourth-order valence-corrected chi connectivity index (χ4v) is 5.05. The Kier molecular flexibility index (Phi) is 9.20. The zero-order valence-electron chi connectivity index (χ0n) is 22.3. The average Bonchev–Trinajstić information content (AvgIpc) is 3.19. The number of nitrogens with zero attached hydrogens (tertiary/aromatic N) is 3. The highest BCUT2D eigenvalue weighted by Crippen LogP contribution is 2.43. The lowest BCUT2D eigenvalue weighted by molar-refractivity contribution is -0.211. The van der Waals surface area contributed by atoms with Crippen molar-refractivity contribution < 1.29 is 31.5 Å². The lowest BCUT2D eigenvalue weighted by Gasteiger charge is -2.33. The van der Waals surface area contributed by atoms with Gasteiger partial charge in [0.05, 0.1) is 27.6 Å². The molecule has 1 heterocycles. The molecule has 1 aromatic heterocycles. The minimum atomic E-state index is -4.51. The van der Waals surface area contributed by atoms with Gasteiger partial charge in [0.2, 0.25) is 0 Å². The molecule has 0 atom stereocenters. The van der Waals surface area contributed by atoms with Gasteiger partial charge < -0.3 is 10.1 Å². The largest absolute Gasteiger partial charge is 0.434 e. The number of rotatable bonds is 9. The minimum absolute atomic E-state index is 0.0528. The van der Waals surface area contributed by atoms with Crippen LogP contribution in [0, 0.1) is 28.1 Å². The summed E-state index contributed by atoms with van der Waals surface area (Å²) in [5.41, 5.74) is -2.65. The maximum Gasteiger partial charge on any atom is 0.394 e. The van der Waals surface area contributed by atoms with Gasteiger partial charge in [-0.1, -0.05) is 38.4 Å². The van der Waals surface area contributed by atoms with Gasteiger partial charge in [-0.25, -0.2) is 0 Å². The Morgan fingerprint density at radius 2 is 1.95 bits per heavy atom. The van der Waals surface area contributed by atoms with Crippen LogP contribution in [0.2, 0.25) is 5.02 Å². The molecule has 1 fully saturated rings. The van der Waals surface area contributed by atoms with Crippen molar-refractivity contribution in [2.45, 2.75) is 79.1 Å². The maximum absolute atomic E-state index is 13.4. The summed E-state index contributed by atoms with van der Waals surface area (Å²) in [6.07, 6.45) is -1.92. The molecule has 1 amide bonds. The molecule has 0 radical (unpaired) electrons. The van der Waals surface area contributed by atoms with Crippen LogP contribution in [0.5, 0.6) is 5.75 Å². The molecule has 12 heteroatoms. The van der Waals surface area contributed by atoms with Crippen molar-refractivity contribution in [3.05, 3.63) is 34.5 Å². The van der Waals surface area contributed by atoms with Crippen molar-refractivity contribution in [2.24, 2.45) is 16.7 Å². The fraction of sp³-hybridized carbons (Fsp3) is 0.593. The SMILES string of the molecule is CCn1nc(C(=O)NCC2(C#N)CCC(C)CC2)c(Cl)c1-c1ccc(CC(C)(C)C(F)(F)F)cc1OC(F)F. The second kappa shape index (κ2) is 11.7. The van der Waals surface area contributed by atoms with E-state index in [4.69, 9.17) is 11.6 Å². The summed E-state index contributed by atoms with van der Waals surface area (Å²) < 4.78 is 72.9. The molecule has 1 aliphatic rings. The van der Waals surface area contributed by atoms with Crippen molar-refractivity contribution >= 4 is 17.5 Å². The summed E-state index contributed by atoms with van der Waals surface area (Å²) in [5.74, 6) is -0.500. The number of halogens is 6. The minimum Gasteiger partial charge on any atom is -0.434 e. The van der Waals surface area contributed by atoms with Crippen LogP contribution in [0.4, 0.5) is 22.0 Å². The predicted molar refractivity (Wildman–Crippen MR) is 137 cm³/mol. The normalized spacial score (nSPS) is 20.1. The van der Waals surface area contributed by atoms with Gasteiger partial charge >= 0.3 is 12.8 Å². The van der Waals surface area contributed by atoms with Crippen LogP contribution in [-0.4, -0.2) is 35.0 Å². The van der Waals surface area contributed by atoms with E-state index in [0.717, 1.165) is 32.8 Å². The molecule has 1 saturated carbocycles. The summed E-state index contributed by atoms with van der Waals surface area (Å²) in [6, 6.07) is 6.18. The number of amides is 1. The zero-order valence-corrected chi connectivity index (χ0v) is 23.0. The van der Waals surface area contributed by atoms with E-state index in [-0.39, 0.29) is 46.4 Å². The Morgan fingerprint density at radius 3 is 2.49 bits per heavy atom. The van der Waals surface area contributed by atoms with Crippen molar-refractivity contribution in [2.75, 3.05) is 6.54 Å². The molecule has 1 N–H and O–H groups in total. The first-order valence-electron chi connectivity index (χ1n) is 12.7. The second-order valence-corrected chi connectivity index (χ2v) is 11.2. The van der Waals surface area contributed by atoms with E-state index in [1.54, 1.807) is 6.92 Å². The van der Waals surface area contributed by atoms with E-state index >= 15 is 0 Å². The van der Waals surface area contributed by atoms with Crippen molar-refractivity contribution in [3.8, 4) is 23.1 Å². The molecule has 6 nitrogen and oxygen atoms in total. The van der Waals surface area contributed by atoms with Gasteiger partial charge in [0, 0.05) is 18.7 Å². The monoisotopic (exact) mass is 574 g/mol. The fourth-order valence-electron chi connectivity index (χ4n) is 4.72. The van der Waals surface area contributed by atoms with E-state index in [9.17, 15) is 32.0 Å². The topological polar surface area (TPSA) is 79.9 Å². The predicted octanol–water partition coefficient (Wildman–Crippen LogP) is 7.41. The van der Waals surface area contributed by atoms with E-state index in [0.29, 0.717) is 18.8 Å². The number of aryl methyl sites for hydroxylation is 1. The van der Waals surface area contributed by atoms with Crippen LogP contribution < -0.4 is 10.1 Å². The molecule has 3 rings (SSSR count). The molecule has 0 aliphatic heterocycles. The first-order chi connectivity index (χ1) is 18.1. The number of alkyl halides is 5. The van der Waals surface area contributed by atoms with Gasteiger partial charge in [-0.3, -0.25) is 9.48 Å². The number of nitrogens with one attached hydrogen (secondary N) is 1. The summed E-state index contributed by atoms with van der Waals surface area (Å²) >= 11 is 6.56. The van der Waals surface area contributed by atoms with Gasteiger partial charge in [0.25, 0.3) is 5.91 Å². The molecule has 1 aliphatic carbocycles. The molecule has 0 spiro atoms. The number of benzene rings is 1. The van der Waals surface area contributed by atoms with Crippen LogP contribution in [-0.2, 0) is 13.0 Å².